The number of sulfonamides is 1. The van der Waals surface area contributed by atoms with E-state index in [0.717, 1.165) is 18.2 Å². The number of hydrogen-bond donors (Lipinski definition) is 3. The van der Waals surface area contributed by atoms with E-state index < -0.39 is 31.5 Å². The maximum atomic E-state index is 13.2. The Morgan fingerprint density at radius 3 is 2.54 bits per heavy atom. The van der Waals surface area contributed by atoms with Crippen molar-refractivity contribution in [2.45, 2.75) is 11.8 Å². The van der Waals surface area contributed by atoms with Crippen molar-refractivity contribution >= 4 is 62.5 Å². The van der Waals surface area contributed by atoms with E-state index >= 15 is 0 Å². The summed E-state index contributed by atoms with van der Waals surface area (Å²) < 4.78 is 30.1. The first kappa shape index (κ1) is 27.6. The van der Waals surface area contributed by atoms with Gasteiger partial charge in [0.1, 0.15) is 10.0 Å². The van der Waals surface area contributed by atoms with Crippen LogP contribution in [-0.2, 0) is 10.0 Å². The molecule has 0 aliphatic rings. The minimum absolute atomic E-state index is 0.117. The molecule has 12 nitrogen and oxygen atoms in total. The third kappa shape index (κ3) is 6.00. The molecule has 0 aliphatic carbocycles. The Morgan fingerprint density at radius 1 is 1.10 bits per heavy atom. The number of nitrogens with zero attached hydrogens (tertiary/aromatic N) is 4. The van der Waals surface area contributed by atoms with Crippen LogP contribution in [0.5, 0.6) is 0 Å². The second kappa shape index (κ2) is 11.1. The van der Waals surface area contributed by atoms with Crippen LogP contribution in [0.4, 0.5) is 17.1 Å². The number of nitrogens with one attached hydrogen (secondary N) is 2. The van der Waals surface area contributed by atoms with Crippen molar-refractivity contribution in [2.75, 3.05) is 10.1 Å². The molecule has 0 fully saturated rings. The molecule has 3 N–H and O–H groups in total. The Labute approximate surface area is 231 Å². The lowest BCUT2D eigenvalue weighted by Crippen LogP contribution is -2.17. The van der Waals surface area contributed by atoms with Gasteiger partial charge >= 0.3 is 5.97 Å². The van der Waals surface area contributed by atoms with E-state index in [9.17, 15) is 28.4 Å². The Balaban J connectivity index is 1.68. The van der Waals surface area contributed by atoms with E-state index in [0.29, 0.717) is 22.0 Å². The lowest BCUT2D eigenvalue weighted by atomic mass is 10.2. The Kier molecular flexibility index (Phi) is 7.85. The number of aromatic carboxylic acids is 1. The van der Waals surface area contributed by atoms with Gasteiger partial charge in [0.15, 0.2) is 0 Å². The number of benzene rings is 3. The molecule has 0 unspecified atom stereocenters. The Hall–Kier alpha value is -4.46. The molecule has 39 heavy (non-hydrogen) atoms. The van der Waals surface area contributed by atoms with Gasteiger partial charge in [0.2, 0.25) is 0 Å². The fraction of sp³-hybridized carbons (Fsp3) is 0.0417. The van der Waals surface area contributed by atoms with Crippen LogP contribution in [0.1, 0.15) is 21.6 Å². The molecule has 200 valence electrons. The zero-order chi connectivity index (χ0) is 28.3. The lowest BCUT2D eigenvalue weighted by molar-refractivity contribution is -0.385. The standard InChI is InChI=1S/C24H18Cl2N6O6S/c1-14-19(23(26)31(29-14)16-6-4-5-15(25)11-16)13-27-28-21-10-9-17(32(35)36)12-22(21)39(37,38)30-20-8-3-2-7-18(20)24(33)34/h2-13,28,30H,1H3,(H,33,34). The molecule has 1 aromatic heterocycles. The number of nitro groups is 1. The van der Waals surface area contributed by atoms with Crippen LogP contribution in [0.15, 0.2) is 76.7 Å². The molecule has 4 rings (SSSR count). The first-order chi connectivity index (χ1) is 18.5. The largest absolute Gasteiger partial charge is 0.478 e. The SMILES string of the molecule is Cc1nn(-c2cccc(Cl)c2)c(Cl)c1C=NNc1ccc([N+](=O)[O-])cc1S(=O)(=O)Nc1ccccc1C(=O)O. The van der Waals surface area contributed by atoms with Gasteiger partial charge in [-0.1, -0.05) is 41.4 Å². The van der Waals surface area contributed by atoms with Gasteiger partial charge in [-0.15, -0.1) is 0 Å². The zero-order valence-corrected chi connectivity index (χ0v) is 22.2. The molecule has 0 saturated carbocycles. The van der Waals surface area contributed by atoms with Crippen molar-refractivity contribution in [1.29, 1.82) is 0 Å². The number of halogens is 2. The number of carbonyl (C=O) groups is 1. The lowest BCUT2D eigenvalue weighted by Gasteiger charge is -2.13. The highest BCUT2D eigenvalue weighted by molar-refractivity contribution is 7.93. The van der Waals surface area contributed by atoms with E-state index in [1.54, 1.807) is 31.2 Å². The number of rotatable bonds is 9. The highest BCUT2D eigenvalue weighted by atomic mass is 35.5. The number of aromatic nitrogens is 2. The van der Waals surface area contributed by atoms with Gasteiger partial charge in [-0.05, 0) is 43.3 Å². The smallest absolute Gasteiger partial charge is 0.337 e. The zero-order valence-electron chi connectivity index (χ0n) is 19.9. The minimum atomic E-state index is -4.51. The number of nitro benzene ring substituents is 1. The summed E-state index contributed by atoms with van der Waals surface area (Å²) in [6.07, 6.45) is 1.32. The number of hydrazone groups is 1. The number of aryl methyl sites for hydroxylation is 1. The van der Waals surface area contributed by atoms with Gasteiger partial charge in [0.25, 0.3) is 15.7 Å². The van der Waals surface area contributed by atoms with Crippen LogP contribution in [-0.4, -0.2) is 40.4 Å². The van der Waals surface area contributed by atoms with Gasteiger partial charge in [-0.3, -0.25) is 20.3 Å². The van der Waals surface area contributed by atoms with Gasteiger partial charge in [-0.25, -0.2) is 17.9 Å². The highest BCUT2D eigenvalue weighted by Gasteiger charge is 2.24. The van der Waals surface area contributed by atoms with E-state index in [1.165, 1.54) is 35.2 Å². The number of non-ortho nitro benzene ring substituents is 1. The van der Waals surface area contributed by atoms with Crippen molar-refractivity contribution in [3.63, 3.8) is 0 Å². The third-order valence-electron chi connectivity index (χ3n) is 5.35. The van der Waals surface area contributed by atoms with Gasteiger partial charge in [0, 0.05) is 17.2 Å². The van der Waals surface area contributed by atoms with Gasteiger partial charge in [0.05, 0.1) is 45.0 Å². The van der Waals surface area contributed by atoms with Crippen molar-refractivity contribution in [3.05, 3.63) is 104 Å². The summed E-state index contributed by atoms with van der Waals surface area (Å²) in [6, 6.07) is 15.3. The number of para-hydroxylation sites is 1. The predicted octanol–water partition coefficient (Wildman–Crippen LogP) is 5.34. The maximum absolute atomic E-state index is 13.2. The average Bonchev–Trinajstić information content (AvgIpc) is 3.17. The van der Waals surface area contributed by atoms with Crippen LogP contribution in [0, 0.1) is 17.0 Å². The third-order valence-corrected chi connectivity index (χ3v) is 7.35. The number of carboxylic acids is 1. The van der Waals surface area contributed by atoms with E-state index in [2.05, 4.69) is 20.3 Å². The van der Waals surface area contributed by atoms with E-state index in [4.69, 9.17) is 23.2 Å². The van der Waals surface area contributed by atoms with Crippen molar-refractivity contribution in [2.24, 2.45) is 5.10 Å². The fourth-order valence-electron chi connectivity index (χ4n) is 3.50. The average molecular weight is 589 g/mol. The molecule has 0 atom stereocenters. The normalized spacial score (nSPS) is 11.5. The Morgan fingerprint density at radius 2 is 1.85 bits per heavy atom. The summed E-state index contributed by atoms with van der Waals surface area (Å²) in [5, 5.41) is 29.9. The molecule has 0 aliphatic heterocycles. The van der Waals surface area contributed by atoms with Crippen molar-refractivity contribution in [3.8, 4) is 5.69 Å². The molecule has 0 spiro atoms. The second-order valence-electron chi connectivity index (χ2n) is 7.95. The summed E-state index contributed by atoms with van der Waals surface area (Å²) in [7, 11) is -4.51. The molecule has 0 radical (unpaired) electrons. The molecular formula is C24H18Cl2N6O6S. The molecule has 0 bridgehead atoms. The summed E-state index contributed by atoms with van der Waals surface area (Å²) in [5.74, 6) is -1.36. The summed E-state index contributed by atoms with van der Waals surface area (Å²) in [4.78, 5) is 21.6. The van der Waals surface area contributed by atoms with Crippen molar-refractivity contribution < 1.29 is 23.2 Å². The van der Waals surface area contributed by atoms with Gasteiger partial charge in [-0.2, -0.15) is 10.2 Å². The van der Waals surface area contributed by atoms with Crippen LogP contribution < -0.4 is 10.1 Å². The van der Waals surface area contributed by atoms with Crippen molar-refractivity contribution in [1.82, 2.24) is 9.78 Å². The van der Waals surface area contributed by atoms with Crippen LogP contribution in [0.3, 0.4) is 0 Å². The maximum Gasteiger partial charge on any atom is 0.337 e. The molecular weight excluding hydrogens is 571 g/mol. The predicted molar refractivity (Wildman–Crippen MR) is 147 cm³/mol. The topological polar surface area (TPSA) is 169 Å². The second-order valence-corrected chi connectivity index (χ2v) is 10.4. The molecule has 4 aromatic rings. The molecule has 0 saturated heterocycles. The first-order valence-corrected chi connectivity index (χ1v) is 13.2. The van der Waals surface area contributed by atoms with E-state index in [-0.39, 0.29) is 22.1 Å². The Bertz CT molecular complexity index is 1740. The van der Waals surface area contributed by atoms with Crippen LogP contribution >= 0.6 is 23.2 Å². The quantitative estimate of drug-likeness (QED) is 0.134. The van der Waals surface area contributed by atoms with Gasteiger partial charge < -0.3 is 5.11 Å². The molecule has 0 amide bonds. The molecule has 3 aromatic carbocycles. The highest BCUT2D eigenvalue weighted by Crippen LogP contribution is 2.30. The first-order valence-electron chi connectivity index (χ1n) is 10.9. The monoisotopic (exact) mass is 588 g/mol. The number of hydrogen-bond acceptors (Lipinski definition) is 8. The number of carboxylic acid groups (broad SMARTS) is 1. The summed E-state index contributed by atoms with van der Waals surface area (Å²) in [5.41, 5.74) is 2.96. The number of anilines is 2. The van der Waals surface area contributed by atoms with Crippen LogP contribution in [0.2, 0.25) is 10.2 Å². The van der Waals surface area contributed by atoms with Crippen LogP contribution in [0.25, 0.3) is 5.69 Å². The molecule has 1 heterocycles. The fourth-order valence-corrected chi connectivity index (χ4v) is 5.26. The summed E-state index contributed by atoms with van der Waals surface area (Å²) in [6.45, 7) is 1.69. The van der Waals surface area contributed by atoms with E-state index in [1.807, 2.05) is 0 Å². The summed E-state index contributed by atoms with van der Waals surface area (Å²) >= 11 is 12.6. The molecule has 15 heteroatoms. The minimum Gasteiger partial charge on any atom is -0.478 e.